The van der Waals surface area contributed by atoms with E-state index in [1.165, 1.54) is 21.6 Å². The van der Waals surface area contributed by atoms with Crippen LogP contribution in [0.3, 0.4) is 0 Å². The van der Waals surface area contributed by atoms with Gasteiger partial charge >= 0.3 is 6.09 Å². The van der Waals surface area contributed by atoms with E-state index in [0.29, 0.717) is 6.54 Å². The maximum Gasteiger partial charge on any atom is 0.407 e. The number of amides is 1. The lowest BCUT2D eigenvalue weighted by Gasteiger charge is -2.24. The highest BCUT2D eigenvalue weighted by Gasteiger charge is 2.28. The molecule has 3 heteroatoms. The minimum atomic E-state index is -0.808. The van der Waals surface area contributed by atoms with Gasteiger partial charge in [0.15, 0.2) is 0 Å². The van der Waals surface area contributed by atoms with Crippen molar-refractivity contribution in [2.24, 2.45) is 0 Å². The van der Waals surface area contributed by atoms with Gasteiger partial charge in [-0.1, -0.05) is 23.8 Å². The first-order chi connectivity index (χ1) is 7.61. The van der Waals surface area contributed by atoms with Crippen molar-refractivity contribution >= 4 is 6.09 Å². The van der Waals surface area contributed by atoms with Crippen LogP contribution in [0.25, 0.3) is 0 Å². The van der Waals surface area contributed by atoms with Gasteiger partial charge in [0.1, 0.15) is 0 Å². The summed E-state index contributed by atoms with van der Waals surface area (Å²) in [5.41, 5.74) is 3.86. The van der Waals surface area contributed by atoms with E-state index in [-0.39, 0.29) is 6.04 Å². The molecule has 0 bridgehead atoms. The Morgan fingerprint density at radius 1 is 1.44 bits per heavy atom. The van der Waals surface area contributed by atoms with Crippen molar-refractivity contribution in [3.8, 4) is 0 Å². The van der Waals surface area contributed by atoms with Gasteiger partial charge in [0.2, 0.25) is 0 Å². The van der Waals surface area contributed by atoms with Gasteiger partial charge in [0.25, 0.3) is 0 Å². The van der Waals surface area contributed by atoms with Gasteiger partial charge < -0.3 is 10.0 Å². The molecule has 3 nitrogen and oxygen atoms in total. The molecule has 1 aromatic rings. The Morgan fingerprint density at radius 3 is 2.75 bits per heavy atom. The van der Waals surface area contributed by atoms with Crippen molar-refractivity contribution < 1.29 is 9.90 Å². The van der Waals surface area contributed by atoms with Crippen LogP contribution in [-0.2, 0) is 12.8 Å². The second kappa shape index (κ2) is 4.16. The van der Waals surface area contributed by atoms with E-state index in [0.717, 1.165) is 12.8 Å². The molecule has 0 fully saturated rings. The highest BCUT2D eigenvalue weighted by molar-refractivity contribution is 5.65. The molecule has 1 aliphatic rings. The minimum absolute atomic E-state index is 0.124. The highest BCUT2D eigenvalue weighted by Crippen LogP contribution is 2.26. The molecule has 0 spiro atoms. The average molecular weight is 219 g/mol. The quantitative estimate of drug-likeness (QED) is 0.830. The summed E-state index contributed by atoms with van der Waals surface area (Å²) in [6.45, 7) is 4.53. The number of likely N-dealkylation sites (N-methyl/N-ethyl adjacent to an activating group) is 1. The molecule has 1 aromatic carbocycles. The molecule has 0 saturated heterocycles. The molecule has 0 aromatic heterocycles. The van der Waals surface area contributed by atoms with Crippen LogP contribution in [0.2, 0.25) is 0 Å². The van der Waals surface area contributed by atoms with E-state index < -0.39 is 6.09 Å². The van der Waals surface area contributed by atoms with E-state index in [1.807, 2.05) is 6.92 Å². The summed E-state index contributed by atoms with van der Waals surface area (Å²) in [6, 6.07) is 6.52. The third-order valence-electron chi connectivity index (χ3n) is 3.30. The lowest BCUT2D eigenvalue weighted by molar-refractivity contribution is 0.129. The first kappa shape index (κ1) is 11.0. The SMILES string of the molecule is CCN(C(=O)O)C1Cc2ccc(C)cc2C1. The Kier molecular flexibility index (Phi) is 2.86. The number of hydrogen-bond acceptors (Lipinski definition) is 1. The predicted molar refractivity (Wildman–Crippen MR) is 62.8 cm³/mol. The molecule has 1 atom stereocenters. The topological polar surface area (TPSA) is 40.5 Å². The van der Waals surface area contributed by atoms with Crippen LogP contribution in [0.15, 0.2) is 18.2 Å². The molecule has 0 heterocycles. The molecule has 1 amide bonds. The highest BCUT2D eigenvalue weighted by atomic mass is 16.4. The number of carbonyl (C=O) groups is 1. The Morgan fingerprint density at radius 2 is 2.12 bits per heavy atom. The van der Waals surface area contributed by atoms with Crippen LogP contribution in [0.5, 0.6) is 0 Å². The zero-order chi connectivity index (χ0) is 11.7. The molecule has 86 valence electrons. The molecule has 0 radical (unpaired) electrons. The summed E-state index contributed by atoms with van der Waals surface area (Å²) in [7, 11) is 0. The normalized spacial score (nSPS) is 18.2. The zero-order valence-electron chi connectivity index (χ0n) is 9.73. The van der Waals surface area contributed by atoms with Gasteiger partial charge in [-0.25, -0.2) is 4.79 Å². The summed E-state index contributed by atoms with van der Waals surface area (Å²) in [6.07, 6.45) is 0.907. The monoisotopic (exact) mass is 219 g/mol. The van der Waals surface area contributed by atoms with Gasteiger partial charge in [-0.3, -0.25) is 0 Å². The first-order valence-electron chi connectivity index (χ1n) is 5.69. The molecular weight excluding hydrogens is 202 g/mol. The summed E-state index contributed by atoms with van der Waals surface area (Å²) >= 11 is 0. The van der Waals surface area contributed by atoms with Crippen LogP contribution in [0, 0.1) is 6.92 Å². The standard InChI is InChI=1S/C13H17NO2/c1-3-14(13(15)16)12-7-10-5-4-9(2)6-11(10)8-12/h4-6,12H,3,7-8H2,1-2H3,(H,15,16). The third-order valence-corrected chi connectivity index (χ3v) is 3.30. The first-order valence-corrected chi connectivity index (χ1v) is 5.69. The van der Waals surface area contributed by atoms with Crippen LogP contribution in [0.1, 0.15) is 23.6 Å². The summed E-state index contributed by atoms with van der Waals surface area (Å²) in [5, 5.41) is 9.09. The van der Waals surface area contributed by atoms with Gasteiger partial charge in [-0.15, -0.1) is 0 Å². The number of benzene rings is 1. The molecular formula is C13H17NO2. The van der Waals surface area contributed by atoms with Crippen LogP contribution < -0.4 is 0 Å². The maximum atomic E-state index is 11.1. The van der Waals surface area contributed by atoms with E-state index in [4.69, 9.17) is 5.11 Å². The fourth-order valence-corrected chi connectivity index (χ4v) is 2.49. The van der Waals surface area contributed by atoms with Gasteiger partial charge in [0, 0.05) is 12.6 Å². The van der Waals surface area contributed by atoms with Gasteiger partial charge in [0.05, 0.1) is 0 Å². The van der Waals surface area contributed by atoms with Crippen LogP contribution in [-0.4, -0.2) is 28.7 Å². The largest absolute Gasteiger partial charge is 0.465 e. The average Bonchev–Trinajstić information content (AvgIpc) is 2.60. The molecule has 0 aliphatic heterocycles. The zero-order valence-corrected chi connectivity index (χ0v) is 9.73. The predicted octanol–water partition coefficient (Wildman–Crippen LogP) is 2.46. The van der Waals surface area contributed by atoms with Gasteiger partial charge in [-0.2, -0.15) is 0 Å². The van der Waals surface area contributed by atoms with E-state index in [9.17, 15) is 4.79 Å². The Bertz CT molecular complexity index is 414. The van der Waals surface area contributed by atoms with Crippen LogP contribution >= 0.6 is 0 Å². The lowest BCUT2D eigenvalue weighted by atomic mass is 10.1. The molecule has 1 N–H and O–H groups in total. The van der Waals surface area contributed by atoms with Crippen molar-refractivity contribution in [1.29, 1.82) is 0 Å². The summed E-state index contributed by atoms with van der Waals surface area (Å²) in [5.74, 6) is 0. The summed E-state index contributed by atoms with van der Waals surface area (Å²) in [4.78, 5) is 12.6. The number of hydrogen-bond donors (Lipinski definition) is 1. The Hall–Kier alpha value is -1.51. The lowest BCUT2D eigenvalue weighted by Crippen LogP contribution is -2.39. The van der Waals surface area contributed by atoms with Crippen molar-refractivity contribution in [3.05, 3.63) is 34.9 Å². The number of rotatable bonds is 2. The fraction of sp³-hybridized carbons (Fsp3) is 0.462. The number of nitrogens with zero attached hydrogens (tertiary/aromatic N) is 1. The second-order valence-corrected chi connectivity index (χ2v) is 4.40. The Labute approximate surface area is 95.7 Å². The summed E-state index contributed by atoms with van der Waals surface area (Å²) < 4.78 is 0. The van der Waals surface area contributed by atoms with Crippen LogP contribution in [0.4, 0.5) is 4.79 Å². The molecule has 1 unspecified atom stereocenters. The number of aryl methyl sites for hydroxylation is 1. The van der Waals surface area contributed by atoms with Gasteiger partial charge in [-0.05, 0) is 37.8 Å². The minimum Gasteiger partial charge on any atom is -0.465 e. The van der Waals surface area contributed by atoms with E-state index in [2.05, 4.69) is 25.1 Å². The maximum absolute atomic E-state index is 11.1. The third kappa shape index (κ3) is 1.90. The van der Waals surface area contributed by atoms with Crippen molar-refractivity contribution in [2.45, 2.75) is 32.7 Å². The van der Waals surface area contributed by atoms with Crippen molar-refractivity contribution in [1.82, 2.24) is 4.90 Å². The number of carboxylic acid groups (broad SMARTS) is 1. The second-order valence-electron chi connectivity index (χ2n) is 4.40. The van der Waals surface area contributed by atoms with Crippen molar-refractivity contribution in [2.75, 3.05) is 6.54 Å². The molecule has 16 heavy (non-hydrogen) atoms. The number of fused-ring (bicyclic) bond motifs is 1. The molecule has 2 rings (SSSR count). The fourth-order valence-electron chi connectivity index (χ4n) is 2.49. The van der Waals surface area contributed by atoms with E-state index >= 15 is 0 Å². The van der Waals surface area contributed by atoms with Crippen molar-refractivity contribution in [3.63, 3.8) is 0 Å². The van der Waals surface area contributed by atoms with E-state index in [1.54, 1.807) is 0 Å². The molecule has 0 saturated carbocycles. The smallest absolute Gasteiger partial charge is 0.407 e. The molecule has 1 aliphatic carbocycles. The Balaban J connectivity index is 2.18.